The van der Waals surface area contributed by atoms with E-state index in [9.17, 15) is 0 Å². The van der Waals surface area contributed by atoms with Crippen LogP contribution < -0.4 is 0 Å². The molecule has 2 heteroatoms. The molecule has 0 spiro atoms. The molecule has 0 amide bonds. The second-order valence-electron chi connectivity index (χ2n) is 10.8. The average Bonchev–Trinajstić information content (AvgIpc) is 3.64. The van der Waals surface area contributed by atoms with Crippen LogP contribution in [0, 0.1) is 0 Å². The van der Waals surface area contributed by atoms with Crippen molar-refractivity contribution in [2.75, 3.05) is 0 Å². The van der Waals surface area contributed by atoms with Gasteiger partial charge < -0.3 is 0 Å². The van der Waals surface area contributed by atoms with Crippen molar-refractivity contribution in [3.63, 3.8) is 0 Å². The van der Waals surface area contributed by atoms with Gasteiger partial charge in [-0.1, -0.05) is 115 Å². The van der Waals surface area contributed by atoms with Crippen LogP contribution in [-0.4, -0.2) is 0 Å². The Kier molecular flexibility index (Phi) is 11.3. The molecule has 0 saturated heterocycles. The van der Waals surface area contributed by atoms with Crippen molar-refractivity contribution in [1.82, 2.24) is 0 Å². The number of thiophene rings is 2. The van der Waals surface area contributed by atoms with Gasteiger partial charge in [0.15, 0.2) is 0 Å². The van der Waals surface area contributed by atoms with Crippen molar-refractivity contribution in [3.8, 4) is 30.6 Å². The molecule has 2 aromatic carbocycles. The molecule has 0 saturated carbocycles. The van der Waals surface area contributed by atoms with Crippen LogP contribution in [0.2, 0.25) is 0 Å². The van der Waals surface area contributed by atoms with E-state index in [-0.39, 0.29) is 0 Å². The Labute approximate surface area is 240 Å². The second-order valence-corrected chi connectivity index (χ2v) is 12.9. The number of hydrogen-bond acceptors (Lipinski definition) is 2. The van der Waals surface area contributed by atoms with Gasteiger partial charge in [0.25, 0.3) is 0 Å². The van der Waals surface area contributed by atoms with Gasteiger partial charge in [0.2, 0.25) is 0 Å². The maximum Gasteiger partial charge on any atom is 0.0449 e. The summed E-state index contributed by atoms with van der Waals surface area (Å²) >= 11 is 3.92. The molecule has 2 atom stereocenters. The zero-order valence-corrected chi connectivity index (χ0v) is 25.6. The molecule has 202 valence electrons. The normalized spacial score (nSPS) is 13.1. The lowest BCUT2D eigenvalue weighted by molar-refractivity contribution is 0.542. The number of benzene rings is 2. The van der Waals surface area contributed by atoms with E-state index in [2.05, 4.69) is 100 Å². The SMILES string of the molecule is CCCCC(CCC)c1ccccc1-c1ccc(-c2ccc(-c3ccccc3C(CCC)CCCC)s2)s1. The third kappa shape index (κ3) is 7.07. The predicted octanol–water partition coefficient (Wildman–Crippen LogP) is 13.0. The highest BCUT2D eigenvalue weighted by molar-refractivity contribution is 7.25. The molecule has 0 radical (unpaired) electrons. The van der Waals surface area contributed by atoms with Gasteiger partial charge in [-0.3, -0.25) is 0 Å². The Bertz CT molecular complexity index is 1150. The van der Waals surface area contributed by atoms with Crippen LogP contribution in [0.4, 0.5) is 0 Å². The third-order valence-electron chi connectivity index (χ3n) is 7.87. The van der Waals surface area contributed by atoms with Crippen LogP contribution in [0.25, 0.3) is 30.6 Å². The van der Waals surface area contributed by atoms with Gasteiger partial charge in [0, 0.05) is 19.5 Å². The van der Waals surface area contributed by atoms with Gasteiger partial charge in [-0.15, -0.1) is 22.7 Å². The minimum atomic E-state index is 0.662. The second kappa shape index (κ2) is 14.8. The first-order valence-corrected chi connectivity index (χ1v) is 16.7. The van der Waals surface area contributed by atoms with Crippen molar-refractivity contribution in [1.29, 1.82) is 0 Å². The zero-order valence-electron chi connectivity index (χ0n) is 24.0. The van der Waals surface area contributed by atoms with Crippen molar-refractivity contribution in [3.05, 3.63) is 83.9 Å². The molecule has 0 aliphatic rings. The first kappa shape index (κ1) is 28.8. The molecule has 0 N–H and O–H groups in total. The molecule has 0 aliphatic heterocycles. The molecule has 0 nitrogen and oxygen atoms in total. The molecule has 2 aromatic heterocycles. The maximum absolute atomic E-state index is 2.39. The summed E-state index contributed by atoms with van der Waals surface area (Å²) in [5.41, 5.74) is 5.98. The summed E-state index contributed by atoms with van der Waals surface area (Å²) in [6.45, 7) is 9.27. The fourth-order valence-electron chi connectivity index (χ4n) is 5.89. The summed E-state index contributed by atoms with van der Waals surface area (Å²) in [5, 5.41) is 0. The van der Waals surface area contributed by atoms with E-state index in [4.69, 9.17) is 0 Å². The van der Waals surface area contributed by atoms with Crippen LogP contribution in [-0.2, 0) is 0 Å². The van der Waals surface area contributed by atoms with E-state index < -0.39 is 0 Å². The molecule has 0 aliphatic carbocycles. The molecular weight excluding hydrogens is 497 g/mol. The minimum Gasteiger partial charge on any atom is -0.134 e. The van der Waals surface area contributed by atoms with E-state index in [0.717, 1.165) is 0 Å². The minimum absolute atomic E-state index is 0.662. The fraction of sp³-hybridized carbons (Fsp3) is 0.444. The number of unbranched alkanes of at least 4 members (excludes halogenated alkanes) is 2. The van der Waals surface area contributed by atoms with Gasteiger partial charge in [-0.2, -0.15) is 0 Å². The Hall–Kier alpha value is -2.16. The van der Waals surface area contributed by atoms with Crippen molar-refractivity contribution in [2.24, 2.45) is 0 Å². The Balaban J connectivity index is 1.62. The van der Waals surface area contributed by atoms with Crippen LogP contribution in [0.15, 0.2) is 72.8 Å². The average molecular weight is 543 g/mol. The van der Waals surface area contributed by atoms with Crippen molar-refractivity contribution in [2.45, 2.75) is 104 Å². The summed E-state index contributed by atoms with van der Waals surface area (Å²) < 4.78 is 0. The van der Waals surface area contributed by atoms with Gasteiger partial charge >= 0.3 is 0 Å². The van der Waals surface area contributed by atoms with E-state index in [1.165, 1.54) is 94.8 Å². The topological polar surface area (TPSA) is 0 Å². The highest BCUT2D eigenvalue weighted by Gasteiger charge is 2.19. The lowest BCUT2D eigenvalue weighted by atomic mass is 9.86. The molecule has 2 unspecified atom stereocenters. The van der Waals surface area contributed by atoms with Crippen LogP contribution in [0.1, 0.15) is 115 Å². The predicted molar refractivity (Wildman–Crippen MR) is 173 cm³/mol. The van der Waals surface area contributed by atoms with Gasteiger partial charge in [-0.25, -0.2) is 0 Å². The van der Waals surface area contributed by atoms with E-state index in [1.54, 1.807) is 11.1 Å². The fourth-order valence-corrected chi connectivity index (χ4v) is 8.09. The van der Waals surface area contributed by atoms with E-state index in [0.29, 0.717) is 11.8 Å². The molecule has 4 aromatic rings. The smallest absolute Gasteiger partial charge is 0.0449 e. The summed E-state index contributed by atoms with van der Waals surface area (Å²) in [4.78, 5) is 5.60. The Morgan fingerprint density at radius 3 is 1.24 bits per heavy atom. The molecule has 4 rings (SSSR count). The lowest BCUT2D eigenvalue weighted by Gasteiger charge is -2.19. The number of hydrogen-bond donors (Lipinski definition) is 0. The van der Waals surface area contributed by atoms with Gasteiger partial charge in [-0.05, 0) is 84.0 Å². The van der Waals surface area contributed by atoms with E-state index >= 15 is 0 Å². The van der Waals surface area contributed by atoms with Crippen molar-refractivity contribution >= 4 is 22.7 Å². The standard InChI is InChI=1S/C36H46S2/c1-5-9-17-27(15-7-3)29-19-11-13-21-31(29)33-23-25-35(37-33)36-26-24-34(38-36)32-22-14-12-20-30(32)28(16-8-4)18-10-6-2/h11-14,19-28H,5-10,15-18H2,1-4H3. The molecule has 0 bridgehead atoms. The molecule has 38 heavy (non-hydrogen) atoms. The van der Waals surface area contributed by atoms with E-state index in [1.807, 2.05) is 22.7 Å². The van der Waals surface area contributed by atoms with Crippen LogP contribution >= 0.6 is 22.7 Å². The van der Waals surface area contributed by atoms with Crippen LogP contribution in [0.3, 0.4) is 0 Å². The molecular formula is C36H46S2. The first-order chi connectivity index (χ1) is 18.7. The van der Waals surface area contributed by atoms with Gasteiger partial charge in [0.05, 0.1) is 0 Å². The lowest BCUT2D eigenvalue weighted by Crippen LogP contribution is -2.00. The Morgan fingerprint density at radius 1 is 0.447 bits per heavy atom. The summed E-state index contributed by atoms with van der Waals surface area (Å²) in [7, 11) is 0. The zero-order chi connectivity index (χ0) is 26.7. The number of rotatable bonds is 15. The Morgan fingerprint density at radius 2 is 0.842 bits per heavy atom. The van der Waals surface area contributed by atoms with Crippen molar-refractivity contribution < 1.29 is 0 Å². The van der Waals surface area contributed by atoms with Crippen LogP contribution in [0.5, 0.6) is 0 Å². The molecule has 2 heterocycles. The van der Waals surface area contributed by atoms with Gasteiger partial charge in [0.1, 0.15) is 0 Å². The summed E-state index contributed by atoms with van der Waals surface area (Å²) in [5.74, 6) is 1.32. The largest absolute Gasteiger partial charge is 0.134 e. The highest BCUT2D eigenvalue weighted by atomic mass is 32.1. The highest BCUT2D eigenvalue weighted by Crippen LogP contribution is 2.44. The third-order valence-corrected chi connectivity index (χ3v) is 10.3. The monoisotopic (exact) mass is 542 g/mol. The summed E-state index contributed by atoms with van der Waals surface area (Å²) in [6.07, 6.45) is 12.8. The first-order valence-electron chi connectivity index (χ1n) is 15.1. The molecule has 0 fully saturated rings. The maximum atomic E-state index is 2.39. The quantitative estimate of drug-likeness (QED) is 0.140. The summed E-state index contributed by atoms with van der Waals surface area (Å²) in [6, 6.07) is 27.8.